The summed E-state index contributed by atoms with van der Waals surface area (Å²) in [6.45, 7) is 4.77. The molecule has 1 aromatic rings. The minimum absolute atomic E-state index is 0.396. The fourth-order valence-electron chi connectivity index (χ4n) is 2.21. The van der Waals surface area contributed by atoms with Gasteiger partial charge < -0.3 is 10.1 Å². The lowest BCUT2D eigenvalue weighted by Crippen LogP contribution is -2.41. The van der Waals surface area contributed by atoms with Crippen LogP contribution < -0.4 is 5.32 Å². The van der Waals surface area contributed by atoms with Crippen LogP contribution in [0.3, 0.4) is 0 Å². The SMILES string of the molecule is CCOC1CC(Nc2cccc(C)c2C#N)C1. The fraction of sp³-hybridized carbons (Fsp3) is 0.500. The Hall–Kier alpha value is -1.53. The number of hydrogen-bond donors (Lipinski definition) is 1. The van der Waals surface area contributed by atoms with Gasteiger partial charge in [-0.3, -0.25) is 0 Å². The number of nitrogens with zero attached hydrogens (tertiary/aromatic N) is 1. The summed E-state index contributed by atoms with van der Waals surface area (Å²) in [7, 11) is 0. The van der Waals surface area contributed by atoms with Gasteiger partial charge in [-0.25, -0.2) is 0 Å². The molecule has 1 N–H and O–H groups in total. The first-order chi connectivity index (χ1) is 8.24. The van der Waals surface area contributed by atoms with Gasteiger partial charge in [0.25, 0.3) is 0 Å². The van der Waals surface area contributed by atoms with Gasteiger partial charge in [-0.05, 0) is 38.3 Å². The van der Waals surface area contributed by atoms with E-state index in [4.69, 9.17) is 10.00 Å². The van der Waals surface area contributed by atoms with Crippen molar-refractivity contribution in [2.45, 2.75) is 38.8 Å². The largest absolute Gasteiger partial charge is 0.381 e. The predicted octanol–water partition coefficient (Wildman–Crippen LogP) is 2.85. The molecule has 1 fully saturated rings. The Morgan fingerprint density at radius 3 is 2.88 bits per heavy atom. The molecule has 0 spiro atoms. The van der Waals surface area contributed by atoms with E-state index in [2.05, 4.69) is 11.4 Å². The number of hydrogen-bond acceptors (Lipinski definition) is 3. The number of anilines is 1. The Balaban J connectivity index is 1.97. The van der Waals surface area contributed by atoms with Gasteiger partial charge in [0.05, 0.1) is 17.4 Å². The van der Waals surface area contributed by atoms with Gasteiger partial charge in [0.2, 0.25) is 0 Å². The monoisotopic (exact) mass is 230 g/mol. The molecule has 0 bridgehead atoms. The lowest BCUT2D eigenvalue weighted by Gasteiger charge is -2.36. The minimum atomic E-state index is 0.396. The molecule has 0 aliphatic heterocycles. The molecule has 1 aliphatic rings. The van der Waals surface area contributed by atoms with Crippen LogP contribution in [0.5, 0.6) is 0 Å². The van der Waals surface area contributed by atoms with Crippen molar-refractivity contribution in [1.82, 2.24) is 0 Å². The van der Waals surface area contributed by atoms with Crippen LogP contribution in [-0.2, 0) is 4.74 Å². The third kappa shape index (κ3) is 2.59. The number of benzene rings is 1. The van der Waals surface area contributed by atoms with E-state index in [1.807, 2.05) is 32.0 Å². The Bertz CT molecular complexity index is 430. The maximum atomic E-state index is 9.12. The van der Waals surface area contributed by atoms with Gasteiger partial charge in [0.15, 0.2) is 0 Å². The molecule has 0 atom stereocenters. The van der Waals surface area contributed by atoms with Crippen molar-refractivity contribution < 1.29 is 4.74 Å². The molecule has 0 aromatic heterocycles. The summed E-state index contributed by atoms with van der Waals surface area (Å²) >= 11 is 0. The van der Waals surface area contributed by atoms with Gasteiger partial charge in [0.1, 0.15) is 6.07 Å². The molecule has 3 nitrogen and oxygen atoms in total. The Morgan fingerprint density at radius 2 is 2.24 bits per heavy atom. The molecule has 1 aliphatic carbocycles. The zero-order valence-electron chi connectivity index (χ0n) is 10.4. The molecule has 0 saturated heterocycles. The summed E-state index contributed by atoms with van der Waals surface area (Å²) in [4.78, 5) is 0. The van der Waals surface area contributed by atoms with Crippen LogP contribution in [0.4, 0.5) is 5.69 Å². The van der Waals surface area contributed by atoms with Crippen LogP contribution >= 0.6 is 0 Å². The molecule has 1 aromatic carbocycles. The predicted molar refractivity (Wildman–Crippen MR) is 68.0 cm³/mol. The highest BCUT2D eigenvalue weighted by Gasteiger charge is 2.29. The summed E-state index contributed by atoms with van der Waals surface area (Å²) in [6.07, 6.45) is 2.46. The lowest BCUT2D eigenvalue weighted by atomic mass is 9.88. The molecular weight excluding hydrogens is 212 g/mol. The Morgan fingerprint density at radius 1 is 1.47 bits per heavy atom. The number of ether oxygens (including phenoxy) is 1. The molecule has 1 saturated carbocycles. The number of nitrogens with one attached hydrogen (secondary N) is 1. The van der Waals surface area contributed by atoms with Crippen LogP contribution in [0, 0.1) is 18.3 Å². The van der Waals surface area contributed by atoms with Crippen molar-refractivity contribution in [3.63, 3.8) is 0 Å². The standard InChI is InChI=1S/C14H18N2O/c1-3-17-12-7-11(8-12)16-14-6-4-5-10(2)13(14)9-15/h4-6,11-12,16H,3,7-8H2,1-2H3. The van der Waals surface area contributed by atoms with Crippen LogP contribution in [0.25, 0.3) is 0 Å². The van der Waals surface area contributed by atoms with Crippen molar-refractivity contribution in [1.29, 1.82) is 5.26 Å². The van der Waals surface area contributed by atoms with Crippen LogP contribution in [-0.4, -0.2) is 18.8 Å². The quantitative estimate of drug-likeness (QED) is 0.865. The summed E-state index contributed by atoms with van der Waals surface area (Å²) in [5.41, 5.74) is 2.73. The first-order valence-corrected chi connectivity index (χ1v) is 6.12. The smallest absolute Gasteiger partial charge is 0.102 e. The normalized spacial score (nSPS) is 22.6. The van der Waals surface area contributed by atoms with E-state index in [0.29, 0.717) is 12.1 Å². The fourth-order valence-corrected chi connectivity index (χ4v) is 2.21. The first-order valence-electron chi connectivity index (χ1n) is 6.12. The summed E-state index contributed by atoms with van der Waals surface area (Å²) in [5.74, 6) is 0. The van der Waals surface area contributed by atoms with Gasteiger partial charge in [-0.1, -0.05) is 12.1 Å². The third-order valence-corrected chi connectivity index (χ3v) is 3.24. The average molecular weight is 230 g/mol. The van der Waals surface area contributed by atoms with Crippen LogP contribution in [0.1, 0.15) is 30.9 Å². The van der Waals surface area contributed by atoms with Crippen molar-refractivity contribution in [2.24, 2.45) is 0 Å². The molecule has 0 amide bonds. The highest BCUT2D eigenvalue weighted by molar-refractivity contribution is 5.61. The summed E-state index contributed by atoms with van der Waals surface area (Å²) in [5, 5.41) is 12.5. The van der Waals surface area contributed by atoms with E-state index < -0.39 is 0 Å². The van der Waals surface area contributed by atoms with Crippen molar-refractivity contribution in [3.8, 4) is 6.07 Å². The maximum absolute atomic E-state index is 9.12. The van der Waals surface area contributed by atoms with Crippen molar-refractivity contribution >= 4 is 5.69 Å². The molecule has 0 unspecified atom stereocenters. The van der Waals surface area contributed by atoms with E-state index in [1.165, 1.54) is 0 Å². The number of aryl methyl sites for hydroxylation is 1. The van der Waals surface area contributed by atoms with E-state index in [1.54, 1.807) is 0 Å². The number of nitriles is 1. The molecule has 90 valence electrons. The van der Waals surface area contributed by atoms with Gasteiger partial charge in [0, 0.05) is 12.6 Å². The molecule has 0 radical (unpaired) electrons. The zero-order chi connectivity index (χ0) is 12.3. The van der Waals surface area contributed by atoms with Crippen molar-refractivity contribution in [3.05, 3.63) is 29.3 Å². The average Bonchev–Trinajstić information content (AvgIpc) is 2.26. The van der Waals surface area contributed by atoms with Crippen molar-refractivity contribution in [2.75, 3.05) is 11.9 Å². The van der Waals surface area contributed by atoms with Gasteiger partial charge in [-0.15, -0.1) is 0 Å². The molecule has 17 heavy (non-hydrogen) atoms. The van der Waals surface area contributed by atoms with E-state index in [9.17, 15) is 0 Å². The van der Waals surface area contributed by atoms with E-state index in [-0.39, 0.29) is 0 Å². The van der Waals surface area contributed by atoms with Gasteiger partial charge in [-0.2, -0.15) is 5.26 Å². The number of rotatable bonds is 4. The molecule has 3 heteroatoms. The van der Waals surface area contributed by atoms with Crippen LogP contribution in [0.2, 0.25) is 0 Å². The topological polar surface area (TPSA) is 45.0 Å². The summed E-state index contributed by atoms with van der Waals surface area (Å²) in [6, 6.07) is 8.63. The van der Waals surface area contributed by atoms with E-state index in [0.717, 1.165) is 36.3 Å². The highest BCUT2D eigenvalue weighted by atomic mass is 16.5. The molecule has 0 heterocycles. The highest BCUT2D eigenvalue weighted by Crippen LogP contribution is 2.28. The minimum Gasteiger partial charge on any atom is -0.381 e. The van der Waals surface area contributed by atoms with Gasteiger partial charge >= 0.3 is 0 Å². The third-order valence-electron chi connectivity index (χ3n) is 3.24. The van der Waals surface area contributed by atoms with E-state index >= 15 is 0 Å². The zero-order valence-corrected chi connectivity index (χ0v) is 10.4. The first kappa shape index (κ1) is 11.9. The summed E-state index contributed by atoms with van der Waals surface area (Å²) < 4.78 is 5.52. The maximum Gasteiger partial charge on any atom is 0.102 e. The molecular formula is C14H18N2O. The lowest BCUT2D eigenvalue weighted by molar-refractivity contribution is 0.00299. The Labute approximate surface area is 102 Å². The molecule has 2 rings (SSSR count). The Kier molecular flexibility index (Phi) is 3.65. The second-order valence-electron chi connectivity index (χ2n) is 4.50. The second kappa shape index (κ2) is 5.20. The van der Waals surface area contributed by atoms with Crippen LogP contribution in [0.15, 0.2) is 18.2 Å². The second-order valence-corrected chi connectivity index (χ2v) is 4.50.